The van der Waals surface area contributed by atoms with E-state index in [-0.39, 0.29) is 0 Å². The lowest BCUT2D eigenvalue weighted by Crippen LogP contribution is -2.35. The normalized spacial score (nSPS) is 19.2. The molecule has 4 heteroatoms. The zero-order chi connectivity index (χ0) is 18.6. The summed E-state index contributed by atoms with van der Waals surface area (Å²) in [5.41, 5.74) is 2.65. The van der Waals surface area contributed by atoms with Gasteiger partial charge in [0.1, 0.15) is 11.6 Å². The molecular weight excluding hydrogens is 334 g/mol. The molecule has 0 radical (unpaired) electrons. The third kappa shape index (κ3) is 4.21. The van der Waals surface area contributed by atoms with Crippen LogP contribution >= 0.6 is 0 Å². The van der Waals surface area contributed by atoms with Crippen molar-refractivity contribution in [3.63, 3.8) is 0 Å². The molecule has 0 N–H and O–H groups in total. The standard InChI is InChI=1S/C23H33N3O/c1-3-27-22-10-5-4-7-21(22)17-25-13-11-19(12-14-25)16-26-18(2)15-24-23(26)20-8-6-9-20/h4-5,7,10,15,19-20H,3,6,8-9,11-14,16-17H2,1-2H3. The molecule has 4 nitrogen and oxygen atoms in total. The van der Waals surface area contributed by atoms with Crippen LogP contribution in [0.1, 0.15) is 62.0 Å². The Balaban J connectivity index is 1.33. The summed E-state index contributed by atoms with van der Waals surface area (Å²) in [7, 11) is 0. The van der Waals surface area contributed by atoms with E-state index in [2.05, 4.69) is 53.8 Å². The largest absolute Gasteiger partial charge is 0.494 e. The predicted octanol–water partition coefficient (Wildman–Crippen LogP) is 4.77. The Hall–Kier alpha value is -1.81. The lowest BCUT2D eigenvalue weighted by molar-refractivity contribution is 0.163. The highest BCUT2D eigenvalue weighted by molar-refractivity contribution is 5.33. The Bertz CT molecular complexity index is 742. The molecule has 1 aliphatic heterocycles. The maximum absolute atomic E-state index is 5.80. The summed E-state index contributed by atoms with van der Waals surface area (Å²) < 4.78 is 8.32. The fourth-order valence-corrected chi connectivity index (χ4v) is 4.47. The van der Waals surface area contributed by atoms with E-state index in [1.54, 1.807) is 0 Å². The molecule has 4 rings (SSSR count). The number of nitrogens with zero attached hydrogens (tertiary/aromatic N) is 3. The van der Waals surface area contributed by atoms with Gasteiger partial charge in [0.05, 0.1) is 6.61 Å². The molecule has 0 spiro atoms. The van der Waals surface area contributed by atoms with Crippen LogP contribution in [0.5, 0.6) is 5.75 Å². The van der Waals surface area contributed by atoms with Crippen LogP contribution in [-0.2, 0) is 13.1 Å². The van der Waals surface area contributed by atoms with Gasteiger partial charge < -0.3 is 9.30 Å². The topological polar surface area (TPSA) is 30.3 Å². The molecule has 1 saturated heterocycles. The minimum atomic E-state index is 0.717. The van der Waals surface area contributed by atoms with Crippen molar-refractivity contribution in [1.29, 1.82) is 0 Å². The van der Waals surface area contributed by atoms with Gasteiger partial charge in [0.25, 0.3) is 0 Å². The minimum absolute atomic E-state index is 0.717. The molecule has 2 aromatic rings. The minimum Gasteiger partial charge on any atom is -0.494 e. The van der Waals surface area contributed by atoms with Gasteiger partial charge in [0, 0.05) is 36.5 Å². The highest BCUT2D eigenvalue weighted by Crippen LogP contribution is 2.36. The maximum Gasteiger partial charge on any atom is 0.123 e. The Morgan fingerprint density at radius 2 is 1.89 bits per heavy atom. The third-order valence-electron chi connectivity index (χ3n) is 6.37. The molecule has 146 valence electrons. The molecule has 0 unspecified atom stereocenters. The molecule has 2 fully saturated rings. The quantitative estimate of drug-likeness (QED) is 0.706. The molecule has 1 aromatic carbocycles. The number of rotatable bonds is 7. The lowest BCUT2D eigenvalue weighted by Gasteiger charge is -2.34. The third-order valence-corrected chi connectivity index (χ3v) is 6.37. The average molecular weight is 368 g/mol. The fourth-order valence-electron chi connectivity index (χ4n) is 4.47. The zero-order valence-electron chi connectivity index (χ0n) is 16.9. The number of para-hydroxylation sites is 1. The lowest BCUT2D eigenvalue weighted by atomic mass is 9.84. The number of piperidine rings is 1. The van der Waals surface area contributed by atoms with Crippen LogP contribution in [0, 0.1) is 12.8 Å². The molecule has 1 aromatic heterocycles. The van der Waals surface area contributed by atoms with Crippen LogP contribution < -0.4 is 4.74 Å². The molecule has 0 atom stereocenters. The van der Waals surface area contributed by atoms with E-state index < -0.39 is 0 Å². The molecule has 2 aliphatic rings. The number of aromatic nitrogens is 2. The van der Waals surface area contributed by atoms with Crippen molar-refractivity contribution in [2.24, 2.45) is 5.92 Å². The van der Waals surface area contributed by atoms with Crippen molar-refractivity contribution in [1.82, 2.24) is 14.5 Å². The van der Waals surface area contributed by atoms with Crippen LogP contribution in [0.25, 0.3) is 0 Å². The first-order chi connectivity index (χ1) is 13.2. The van der Waals surface area contributed by atoms with Gasteiger partial charge >= 0.3 is 0 Å². The summed E-state index contributed by atoms with van der Waals surface area (Å²) in [6.45, 7) is 9.51. The van der Waals surface area contributed by atoms with E-state index in [0.717, 1.165) is 31.4 Å². The molecule has 0 bridgehead atoms. The second-order valence-corrected chi connectivity index (χ2v) is 8.26. The van der Waals surface area contributed by atoms with Crippen molar-refractivity contribution in [3.05, 3.63) is 47.5 Å². The first-order valence-corrected chi connectivity index (χ1v) is 10.7. The van der Waals surface area contributed by atoms with Gasteiger partial charge in [0.15, 0.2) is 0 Å². The highest BCUT2D eigenvalue weighted by Gasteiger charge is 2.27. The number of benzene rings is 1. The van der Waals surface area contributed by atoms with Gasteiger partial charge in [-0.25, -0.2) is 4.98 Å². The second-order valence-electron chi connectivity index (χ2n) is 8.26. The Morgan fingerprint density at radius 3 is 2.59 bits per heavy atom. The number of likely N-dealkylation sites (tertiary alicyclic amines) is 1. The average Bonchev–Trinajstić information content (AvgIpc) is 2.98. The van der Waals surface area contributed by atoms with Crippen LogP contribution in [0.3, 0.4) is 0 Å². The van der Waals surface area contributed by atoms with Crippen molar-refractivity contribution >= 4 is 0 Å². The van der Waals surface area contributed by atoms with E-state index in [0.29, 0.717) is 5.92 Å². The second kappa shape index (κ2) is 8.47. The number of hydrogen-bond acceptors (Lipinski definition) is 3. The van der Waals surface area contributed by atoms with Crippen LogP contribution in [-0.4, -0.2) is 34.1 Å². The summed E-state index contributed by atoms with van der Waals surface area (Å²) in [5.74, 6) is 3.89. The van der Waals surface area contributed by atoms with Gasteiger partial charge in [-0.2, -0.15) is 0 Å². The van der Waals surface area contributed by atoms with E-state index in [4.69, 9.17) is 9.72 Å². The summed E-state index contributed by atoms with van der Waals surface area (Å²) in [5, 5.41) is 0. The van der Waals surface area contributed by atoms with E-state index in [9.17, 15) is 0 Å². The molecule has 27 heavy (non-hydrogen) atoms. The van der Waals surface area contributed by atoms with Gasteiger partial charge in [-0.05, 0) is 64.6 Å². The number of ether oxygens (including phenoxy) is 1. The monoisotopic (exact) mass is 367 g/mol. The summed E-state index contributed by atoms with van der Waals surface area (Å²) in [6.07, 6.45) is 8.66. The van der Waals surface area contributed by atoms with E-state index >= 15 is 0 Å². The predicted molar refractivity (Wildman–Crippen MR) is 109 cm³/mol. The molecular formula is C23H33N3O. The summed E-state index contributed by atoms with van der Waals surface area (Å²) in [4.78, 5) is 7.33. The van der Waals surface area contributed by atoms with Crippen molar-refractivity contribution in [2.75, 3.05) is 19.7 Å². The Kier molecular flexibility index (Phi) is 5.82. The highest BCUT2D eigenvalue weighted by atomic mass is 16.5. The Labute approximate surface area is 163 Å². The van der Waals surface area contributed by atoms with Crippen LogP contribution in [0.15, 0.2) is 30.5 Å². The molecule has 1 saturated carbocycles. The number of imidazole rings is 1. The summed E-state index contributed by atoms with van der Waals surface area (Å²) >= 11 is 0. The first kappa shape index (κ1) is 18.5. The van der Waals surface area contributed by atoms with Crippen molar-refractivity contribution in [2.45, 2.75) is 65.0 Å². The zero-order valence-corrected chi connectivity index (χ0v) is 16.9. The number of aryl methyl sites for hydroxylation is 1. The van der Waals surface area contributed by atoms with Crippen molar-refractivity contribution in [3.8, 4) is 5.75 Å². The van der Waals surface area contributed by atoms with E-state index in [1.165, 1.54) is 62.3 Å². The fraction of sp³-hybridized carbons (Fsp3) is 0.609. The van der Waals surface area contributed by atoms with Gasteiger partial charge in [0.2, 0.25) is 0 Å². The number of hydrogen-bond donors (Lipinski definition) is 0. The Morgan fingerprint density at radius 1 is 1.11 bits per heavy atom. The van der Waals surface area contributed by atoms with E-state index in [1.807, 2.05) is 0 Å². The van der Waals surface area contributed by atoms with Crippen LogP contribution in [0.4, 0.5) is 0 Å². The molecule has 0 amide bonds. The van der Waals surface area contributed by atoms with Gasteiger partial charge in [-0.15, -0.1) is 0 Å². The van der Waals surface area contributed by atoms with Gasteiger partial charge in [-0.1, -0.05) is 24.6 Å². The maximum atomic E-state index is 5.80. The molecule has 2 heterocycles. The smallest absolute Gasteiger partial charge is 0.123 e. The summed E-state index contributed by atoms with van der Waals surface area (Å²) in [6, 6.07) is 8.48. The van der Waals surface area contributed by atoms with Crippen LogP contribution in [0.2, 0.25) is 0 Å². The van der Waals surface area contributed by atoms with Crippen molar-refractivity contribution < 1.29 is 4.74 Å². The SMILES string of the molecule is CCOc1ccccc1CN1CCC(Cn2c(C)cnc2C2CCC2)CC1. The molecule has 1 aliphatic carbocycles. The van der Waals surface area contributed by atoms with Gasteiger partial charge in [-0.3, -0.25) is 4.90 Å². The first-order valence-electron chi connectivity index (χ1n) is 10.7.